The number of rotatable bonds is 6. The van der Waals surface area contributed by atoms with Crippen LogP contribution in [-0.2, 0) is 35.7 Å². The number of amides is 4. The van der Waals surface area contributed by atoms with Crippen molar-refractivity contribution in [1.82, 2.24) is 29.8 Å². The molecule has 1 aromatic heterocycles. The van der Waals surface area contributed by atoms with Gasteiger partial charge in [0.25, 0.3) is 17.5 Å². The second kappa shape index (κ2) is 16.2. The number of nitrogens with one attached hydrogen (secondary N) is 3. The molecule has 330 valence electrons. The summed E-state index contributed by atoms with van der Waals surface area (Å²) in [4.78, 5) is 76.7. The zero-order chi connectivity index (χ0) is 44.4. The largest absolute Gasteiger partial charge is 0.459 e. The number of hydrogen-bond donors (Lipinski definition) is 3. The van der Waals surface area contributed by atoms with Crippen LogP contribution in [0.4, 0.5) is 13.6 Å². The molecule has 3 saturated carbocycles. The van der Waals surface area contributed by atoms with E-state index in [2.05, 4.69) is 21.5 Å². The van der Waals surface area contributed by atoms with E-state index in [9.17, 15) is 41.2 Å². The van der Waals surface area contributed by atoms with Crippen molar-refractivity contribution in [3.63, 3.8) is 0 Å². The van der Waals surface area contributed by atoms with E-state index in [1.807, 2.05) is 10.8 Å². The van der Waals surface area contributed by atoms with Gasteiger partial charge in [-0.15, -0.1) is 12.3 Å². The number of alkyl halides is 2. The summed E-state index contributed by atoms with van der Waals surface area (Å²) >= 11 is 6.28. The molecular formula is C42H51ClF2N6O9S. The molecule has 1 aromatic carbocycles. The van der Waals surface area contributed by atoms with Gasteiger partial charge in [0.1, 0.15) is 29.8 Å². The predicted molar refractivity (Wildman–Crippen MR) is 220 cm³/mol. The van der Waals surface area contributed by atoms with Crippen molar-refractivity contribution in [2.75, 3.05) is 6.54 Å². The topological polar surface area (TPSA) is 195 Å². The zero-order valence-electron chi connectivity index (χ0n) is 34.6. The SMILES string of the molecule is C#C[C@@H]1C[C@H]2CC/C=C/Cn3c(nc4cc(Cl)ccc4c3=O)O[C@H]3CN(C(=O)[C@H](C(C)(C)C)NC(=O)O[C@@H]2C1)[C@H](C(=O)N[C@]1(C(=O)NS(=O)(=O)C2(C)CC2)C[C@H]1C(F)F)[C@@H]3C. The minimum Gasteiger partial charge on any atom is -0.459 e. The average Bonchev–Trinajstić information content (AvgIpc) is 4.04. The number of carbonyl (C=O) groups is 4. The Bertz CT molecular complexity index is 2380. The first-order valence-electron chi connectivity index (χ1n) is 20.5. The van der Waals surface area contributed by atoms with Gasteiger partial charge < -0.3 is 25.0 Å². The number of hydrogen-bond acceptors (Lipinski definition) is 10. The van der Waals surface area contributed by atoms with Crippen molar-refractivity contribution in [3.8, 4) is 18.4 Å². The third-order valence-corrected chi connectivity index (χ3v) is 15.4. The van der Waals surface area contributed by atoms with Crippen LogP contribution >= 0.6 is 11.6 Å². The number of aromatic nitrogens is 2. The molecule has 7 rings (SSSR count). The third kappa shape index (κ3) is 8.56. The molecule has 2 bridgehead atoms. The molecule has 0 spiro atoms. The van der Waals surface area contributed by atoms with Crippen LogP contribution in [0.3, 0.4) is 0 Å². The smallest absolute Gasteiger partial charge is 0.408 e. The Morgan fingerprint density at radius 1 is 1.11 bits per heavy atom. The van der Waals surface area contributed by atoms with Gasteiger partial charge >= 0.3 is 6.09 Å². The molecule has 4 fully saturated rings. The fourth-order valence-electron chi connectivity index (χ4n) is 8.78. The van der Waals surface area contributed by atoms with Gasteiger partial charge in [-0.05, 0) is 81.4 Å². The second-order valence-corrected chi connectivity index (χ2v) is 21.1. The zero-order valence-corrected chi connectivity index (χ0v) is 36.2. The molecule has 4 amide bonds. The van der Waals surface area contributed by atoms with Gasteiger partial charge in [0.15, 0.2) is 0 Å². The summed E-state index contributed by atoms with van der Waals surface area (Å²) in [5.74, 6) is -3.27. The van der Waals surface area contributed by atoms with E-state index in [0.29, 0.717) is 30.7 Å². The number of halogens is 3. The lowest BCUT2D eigenvalue weighted by Gasteiger charge is -2.36. The summed E-state index contributed by atoms with van der Waals surface area (Å²) in [6.45, 7) is 7.79. The van der Waals surface area contributed by atoms with Crippen LogP contribution in [0.25, 0.3) is 10.9 Å². The fraction of sp³-hybridized carbons (Fsp3) is 0.619. The van der Waals surface area contributed by atoms with Crippen molar-refractivity contribution < 1.29 is 45.9 Å². The Labute approximate surface area is 357 Å². The van der Waals surface area contributed by atoms with Crippen molar-refractivity contribution in [3.05, 3.63) is 45.7 Å². The molecule has 1 saturated heterocycles. The average molecular weight is 889 g/mol. The molecule has 0 radical (unpaired) electrons. The maximum atomic E-state index is 14.9. The van der Waals surface area contributed by atoms with Crippen LogP contribution in [0.1, 0.15) is 79.6 Å². The molecule has 3 aliphatic carbocycles. The first-order valence-corrected chi connectivity index (χ1v) is 22.4. The number of ether oxygens (including phenoxy) is 2. The van der Waals surface area contributed by atoms with Gasteiger partial charge in [0.2, 0.25) is 28.3 Å². The van der Waals surface area contributed by atoms with Crippen molar-refractivity contribution in [1.29, 1.82) is 0 Å². The number of nitrogens with zero attached hydrogens (tertiary/aromatic N) is 3. The van der Waals surface area contributed by atoms with E-state index in [-0.39, 0.29) is 54.7 Å². The highest BCUT2D eigenvalue weighted by atomic mass is 35.5. The Morgan fingerprint density at radius 3 is 2.48 bits per heavy atom. The second-order valence-electron chi connectivity index (χ2n) is 18.4. The Balaban J connectivity index is 1.29. The predicted octanol–water partition coefficient (Wildman–Crippen LogP) is 4.30. The monoisotopic (exact) mass is 888 g/mol. The van der Waals surface area contributed by atoms with Crippen LogP contribution in [-0.4, -0.2) is 94.2 Å². The van der Waals surface area contributed by atoms with Gasteiger partial charge in [-0.1, -0.05) is 51.4 Å². The van der Waals surface area contributed by atoms with E-state index in [4.69, 9.17) is 27.5 Å². The summed E-state index contributed by atoms with van der Waals surface area (Å²) < 4.78 is 69.3. The summed E-state index contributed by atoms with van der Waals surface area (Å²) in [5, 5.41) is 5.72. The number of alkyl carbamates (subject to hydrolysis) is 1. The number of allylic oxidation sites excluding steroid dienone is 2. The lowest BCUT2D eigenvalue weighted by Crippen LogP contribution is -2.61. The Kier molecular flexibility index (Phi) is 11.7. The molecule has 0 unspecified atom stereocenters. The summed E-state index contributed by atoms with van der Waals surface area (Å²) in [5.41, 5.74) is -3.53. The number of sulfonamides is 1. The van der Waals surface area contributed by atoms with E-state index in [1.54, 1.807) is 45.9 Å². The van der Waals surface area contributed by atoms with Gasteiger partial charge in [0, 0.05) is 23.4 Å². The van der Waals surface area contributed by atoms with Crippen LogP contribution < -0.4 is 25.7 Å². The molecular weight excluding hydrogens is 838 g/mol. The number of benzene rings is 1. The molecule has 19 heteroatoms. The van der Waals surface area contributed by atoms with E-state index in [1.165, 1.54) is 17.6 Å². The van der Waals surface area contributed by atoms with Gasteiger partial charge in [-0.25, -0.2) is 22.0 Å². The molecule has 61 heavy (non-hydrogen) atoms. The Morgan fingerprint density at radius 2 is 1.84 bits per heavy atom. The molecule has 2 aliphatic heterocycles. The molecule has 9 atom stereocenters. The first kappa shape index (κ1) is 44.3. The maximum Gasteiger partial charge on any atom is 0.408 e. The highest BCUT2D eigenvalue weighted by Crippen LogP contribution is 2.49. The van der Waals surface area contributed by atoms with Crippen LogP contribution in [0.15, 0.2) is 35.1 Å². The first-order chi connectivity index (χ1) is 28.6. The number of fused-ring (bicyclic) bond motifs is 5. The van der Waals surface area contributed by atoms with E-state index in [0.717, 1.165) is 4.90 Å². The number of carbonyl (C=O) groups excluding carboxylic acids is 4. The van der Waals surface area contributed by atoms with E-state index >= 15 is 0 Å². The van der Waals surface area contributed by atoms with Crippen LogP contribution in [0, 0.1) is 41.4 Å². The van der Waals surface area contributed by atoms with E-state index < -0.39 is 104 Å². The van der Waals surface area contributed by atoms with Crippen LogP contribution in [0.5, 0.6) is 6.01 Å². The highest BCUT2D eigenvalue weighted by Gasteiger charge is 2.67. The van der Waals surface area contributed by atoms with Crippen molar-refractivity contribution >= 4 is 56.3 Å². The lowest BCUT2D eigenvalue weighted by atomic mass is 9.85. The standard InChI is InChI=1S/C42H51ClF2N6O9S/c1-7-23-17-24-11-9-8-10-16-50-35(53)26-13-12-25(43)19-28(26)46-38(50)59-30-21-51(36(54)32(40(3,4)5)47-39(56)60-29(24)18-23)31(22(30)2)34(52)48-42(20-27(42)33(44)45)37(55)49-61(57,58)41(6)14-15-41/h1,8,10,12-13,19,22-24,27,29-33H,9,11,14-18,20-21H2,2-6H3,(H,47,56)(H,48,52)(H,49,55)/b10-8+/t22-,23-,24-,27+,29-,30+,31+,32-,42-/m1/s1. The number of terminal acetylenes is 1. The third-order valence-electron chi connectivity index (χ3n) is 13.0. The summed E-state index contributed by atoms with van der Waals surface area (Å²) in [6, 6.07) is 1.62. The minimum atomic E-state index is -4.29. The molecule has 3 heterocycles. The molecule has 2 aromatic rings. The maximum absolute atomic E-state index is 14.9. The quantitative estimate of drug-likeness (QED) is 0.278. The normalized spacial score (nSPS) is 31.9. The van der Waals surface area contributed by atoms with Crippen LogP contribution in [0.2, 0.25) is 5.02 Å². The Hall–Kier alpha value is -4.76. The van der Waals surface area contributed by atoms with Gasteiger partial charge in [0.05, 0.1) is 28.1 Å². The molecule has 15 nitrogen and oxygen atoms in total. The minimum absolute atomic E-state index is 0.0219. The summed E-state index contributed by atoms with van der Waals surface area (Å²) in [7, 11) is -4.29. The molecule has 5 aliphatic rings. The summed E-state index contributed by atoms with van der Waals surface area (Å²) in [6.07, 6.45) is 6.01. The van der Waals surface area contributed by atoms with Crippen molar-refractivity contribution in [2.45, 2.75) is 127 Å². The van der Waals surface area contributed by atoms with Gasteiger partial charge in [-0.2, -0.15) is 4.98 Å². The lowest BCUT2D eigenvalue weighted by molar-refractivity contribution is -0.143. The van der Waals surface area contributed by atoms with Crippen molar-refractivity contribution in [2.24, 2.45) is 29.1 Å². The van der Waals surface area contributed by atoms with Gasteiger partial charge in [-0.3, -0.25) is 28.5 Å². The fourth-order valence-corrected chi connectivity index (χ4v) is 10.3. The highest BCUT2D eigenvalue weighted by molar-refractivity contribution is 7.91. The molecule has 3 N–H and O–H groups in total.